The van der Waals surface area contributed by atoms with E-state index in [1.54, 1.807) is 0 Å². The minimum atomic E-state index is 0.370. The fourth-order valence-corrected chi connectivity index (χ4v) is 2.86. The summed E-state index contributed by atoms with van der Waals surface area (Å²) in [4.78, 5) is 14.2. The van der Waals surface area contributed by atoms with E-state index in [2.05, 4.69) is 37.9 Å². The van der Waals surface area contributed by atoms with Crippen LogP contribution in [0.15, 0.2) is 0 Å². The van der Waals surface area contributed by atoms with E-state index < -0.39 is 0 Å². The maximum Gasteiger partial charge on any atom is 0.222 e. The van der Waals surface area contributed by atoms with Gasteiger partial charge in [-0.1, -0.05) is 40.5 Å². The largest absolute Gasteiger partial charge is 0.342 e. The van der Waals surface area contributed by atoms with Crippen molar-refractivity contribution in [2.24, 2.45) is 11.8 Å². The smallest absolute Gasteiger partial charge is 0.222 e. The molecule has 0 aromatic heterocycles. The van der Waals surface area contributed by atoms with Crippen LogP contribution < -0.4 is 5.32 Å². The van der Waals surface area contributed by atoms with E-state index in [9.17, 15) is 4.79 Å². The maximum absolute atomic E-state index is 12.1. The Kier molecular flexibility index (Phi) is 7.44. The number of nitrogens with zero attached hydrogens (tertiary/aromatic N) is 1. The fourth-order valence-electron chi connectivity index (χ4n) is 2.86. The molecule has 0 aromatic carbocycles. The molecule has 0 saturated carbocycles. The first-order valence-electron chi connectivity index (χ1n) is 8.04. The van der Waals surface area contributed by atoms with Gasteiger partial charge in [0.1, 0.15) is 0 Å². The quantitative estimate of drug-likeness (QED) is 0.769. The summed E-state index contributed by atoms with van der Waals surface area (Å²) in [6, 6.07) is 0.524. The summed E-state index contributed by atoms with van der Waals surface area (Å²) in [6.45, 7) is 11.7. The number of hydrogen-bond acceptors (Lipinski definition) is 2. The van der Waals surface area contributed by atoms with Gasteiger partial charge in [0, 0.05) is 25.6 Å². The Balaban J connectivity index is 2.37. The van der Waals surface area contributed by atoms with Crippen molar-refractivity contribution in [2.45, 2.75) is 65.8 Å². The molecule has 2 unspecified atom stereocenters. The highest BCUT2D eigenvalue weighted by Gasteiger charge is 2.23. The van der Waals surface area contributed by atoms with Gasteiger partial charge in [-0.05, 0) is 31.2 Å². The van der Waals surface area contributed by atoms with E-state index in [1.165, 1.54) is 19.3 Å². The van der Waals surface area contributed by atoms with Crippen LogP contribution >= 0.6 is 0 Å². The highest BCUT2D eigenvalue weighted by molar-refractivity contribution is 5.76. The minimum Gasteiger partial charge on any atom is -0.342 e. The number of hydrogen-bond donors (Lipinski definition) is 1. The van der Waals surface area contributed by atoms with Crippen LogP contribution in [-0.2, 0) is 4.79 Å². The third-order valence-corrected chi connectivity index (χ3v) is 4.03. The lowest BCUT2D eigenvalue weighted by atomic mass is 9.96. The van der Waals surface area contributed by atoms with Gasteiger partial charge in [-0.3, -0.25) is 4.79 Å². The van der Waals surface area contributed by atoms with Gasteiger partial charge in [0.15, 0.2) is 0 Å². The van der Waals surface area contributed by atoms with Gasteiger partial charge in [-0.2, -0.15) is 0 Å². The molecule has 19 heavy (non-hydrogen) atoms. The molecule has 0 spiro atoms. The Morgan fingerprint density at radius 1 is 1.32 bits per heavy atom. The lowest BCUT2D eigenvalue weighted by Crippen LogP contribution is -2.38. The number of carbonyl (C=O) groups excluding carboxylic acids is 1. The van der Waals surface area contributed by atoms with Crippen LogP contribution in [0.3, 0.4) is 0 Å². The Labute approximate surface area is 119 Å². The molecule has 3 heteroatoms. The lowest BCUT2D eigenvalue weighted by molar-refractivity contribution is -0.131. The van der Waals surface area contributed by atoms with Crippen LogP contribution in [0.4, 0.5) is 0 Å². The maximum atomic E-state index is 12.1. The summed E-state index contributed by atoms with van der Waals surface area (Å²) in [6.07, 6.45) is 5.58. The zero-order valence-corrected chi connectivity index (χ0v) is 13.2. The van der Waals surface area contributed by atoms with E-state index >= 15 is 0 Å². The number of likely N-dealkylation sites (tertiary alicyclic amines) is 1. The number of rotatable bonds is 7. The Morgan fingerprint density at radius 2 is 2.05 bits per heavy atom. The molecule has 112 valence electrons. The summed E-state index contributed by atoms with van der Waals surface area (Å²) < 4.78 is 0. The van der Waals surface area contributed by atoms with Crippen molar-refractivity contribution in [1.29, 1.82) is 0 Å². The van der Waals surface area contributed by atoms with Crippen LogP contribution in [0.25, 0.3) is 0 Å². The van der Waals surface area contributed by atoms with Gasteiger partial charge in [0.05, 0.1) is 0 Å². The fraction of sp³-hybridized carbons (Fsp3) is 0.938. The van der Waals surface area contributed by atoms with Crippen molar-refractivity contribution in [3.05, 3.63) is 0 Å². The van der Waals surface area contributed by atoms with E-state index in [0.29, 0.717) is 17.9 Å². The second-order valence-electron chi connectivity index (χ2n) is 6.49. The Hall–Kier alpha value is -0.570. The third-order valence-electron chi connectivity index (χ3n) is 4.03. The van der Waals surface area contributed by atoms with Gasteiger partial charge in [-0.15, -0.1) is 0 Å². The highest BCUT2D eigenvalue weighted by Crippen LogP contribution is 2.23. The first kappa shape index (κ1) is 16.5. The number of nitrogens with one attached hydrogen (secondary N) is 1. The normalized spacial score (nSPS) is 22.7. The van der Waals surface area contributed by atoms with Gasteiger partial charge in [0.25, 0.3) is 0 Å². The molecule has 1 aliphatic rings. The van der Waals surface area contributed by atoms with Crippen molar-refractivity contribution < 1.29 is 4.79 Å². The van der Waals surface area contributed by atoms with Crippen molar-refractivity contribution in [1.82, 2.24) is 10.2 Å². The average Bonchev–Trinajstić information content (AvgIpc) is 2.52. The molecule has 0 aromatic rings. The Bertz CT molecular complexity index is 265. The van der Waals surface area contributed by atoms with Gasteiger partial charge >= 0.3 is 0 Å². The molecule has 3 nitrogen and oxygen atoms in total. The van der Waals surface area contributed by atoms with Gasteiger partial charge < -0.3 is 10.2 Å². The van der Waals surface area contributed by atoms with Crippen molar-refractivity contribution in [2.75, 3.05) is 19.6 Å². The summed E-state index contributed by atoms with van der Waals surface area (Å²) in [5, 5.41) is 3.46. The molecule has 1 amide bonds. The summed E-state index contributed by atoms with van der Waals surface area (Å²) >= 11 is 0. The van der Waals surface area contributed by atoms with E-state index in [4.69, 9.17) is 0 Å². The summed E-state index contributed by atoms with van der Waals surface area (Å²) in [7, 11) is 0. The van der Waals surface area contributed by atoms with Crippen LogP contribution in [0.5, 0.6) is 0 Å². The SMILES string of the molecule is CCCC1CCC(=O)N(CC(C)CNC(C)C)CC1. The summed E-state index contributed by atoms with van der Waals surface area (Å²) in [5.41, 5.74) is 0. The van der Waals surface area contributed by atoms with Crippen molar-refractivity contribution >= 4 is 5.91 Å². The number of carbonyl (C=O) groups is 1. The first-order valence-corrected chi connectivity index (χ1v) is 8.04. The molecular formula is C16H32N2O. The minimum absolute atomic E-state index is 0.370. The monoisotopic (exact) mass is 268 g/mol. The number of amides is 1. The van der Waals surface area contributed by atoms with E-state index in [-0.39, 0.29) is 0 Å². The molecular weight excluding hydrogens is 236 g/mol. The molecule has 1 N–H and O–H groups in total. The topological polar surface area (TPSA) is 32.3 Å². The highest BCUT2D eigenvalue weighted by atomic mass is 16.2. The van der Waals surface area contributed by atoms with E-state index in [0.717, 1.165) is 38.4 Å². The van der Waals surface area contributed by atoms with Crippen molar-refractivity contribution in [3.8, 4) is 0 Å². The zero-order valence-electron chi connectivity index (χ0n) is 13.2. The molecule has 0 aliphatic carbocycles. The zero-order chi connectivity index (χ0) is 14.3. The third kappa shape index (κ3) is 6.42. The van der Waals surface area contributed by atoms with Crippen LogP contribution in [0.1, 0.15) is 59.8 Å². The van der Waals surface area contributed by atoms with E-state index in [1.807, 2.05) is 0 Å². The molecule has 1 saturated heterocycles. The first-order chi connectivity index (χ1) is 9.02. The molecule has 1 heterocycles. The predicted octanol–water partition coefficient (Wildman–Crippen LogP) is 3.05. The molecule has 0 radical (unpaired) electrons. The predicted molar refractivity (Wildman–Crippen MR) is 81.1 cm³/mol. The van der Waals surface area contributed by atoms with Crippen LogP contribution in [-0.4, -0.2) is 36.5 Å². The average molecular weight is 268 g/mol. The second-order valence-corrected chi connectivity index (χ2v) is 6.49. The van der Waals surface area contributed by atoms with Gasteiger partial charge in [-0.25, -0.2) is 0 Å². The molecule has 1 fully saturated rings. The summed E-state index contributed by atoms with van der Waals surface area (Å²) in [5.74, 6) is 1.67. The van der Waals surface area contributed by atoms with Crippen LogP contribution in [0, 0.1) is 11.8 Å². The van der Waals surface area contributed by atoms with Crippen molar-refractivity contribution in [3.63, 3.8) is 0 Å². The lowest BCUT2D eigenvalue weighted by Gasteiger charge is -2.25. The standard InChI is InChI=1S/C16H32N2O/c1-5-6-15-7-8-16(19)18(10-9-15)12-14(4)11-17-13(2)3/h13-15,17H,5-12H2,1-4H3. The molecule has 2 atom stereocenters. The molecule has 0 bridgehead atoms. The second kappa shape index (κ2) is 8.57. The Morgan fingerprint density at radius 3 is 2.68 bits per heavy atom. The van der Waals surface area contributed by atoms with Gasteiger partial charge in [0.2, 0.25) is 5.91 Å². The molecule has 1 aliphatic heterocycles. The van der Waals surface area contributed by atoms with Crippen LogP contribution in [0.2, 0.25) is 0 Å². The molecule has 1 rings (SSSR count).